The van der Waals surface area contributed by atoms with Crippen molar-refractivity contribution in [2.45, 2.75) is 19.1 Å². The number of thioether (sulfide) groups is 1. The van der Waals surface area contributed by atoms with E-state index in [0.29, 0.717) is 11.5 Å². The zero-order valence-corrected chi connectivity index (χ0v) is 13.1. The molecule has 0 N–H and O–H groups in total. The SMILES string of the molecule is Cc1ccc(C(=O)Sc2nnc(-c3ccc(C)cc3)o2)cc1. The summed E-state index contributed by atoms with van der Waals surface area (Å²) < 4.78 is 5.55. The number of hydrogen-bond donors (Lipinski definition) is 0. The van der Waals surface area contributed by atoms with Crippen LogP contribution in [0, 0.1) is 13.8 Å². The third-order valence-electron chi connectivity index (χ3n) is 3.17. The van der Waals surface area contributed by atoms with Gasteiger partial charge in [-0.3, -0.25) is 4.79 Å². The van der Waals surface area contributed by atoms with Gasteiger partial charge in [0.1, 0.15) is 0 Å². The fourth-order valence-electron chi connectivity index (χ4n) is 1.89. The highest BCUT2D eigenvalue weighted by atomic mass is 32.2. The van der Waals surface area contributed by atoms with Gasteiger partial charge in [-0.2, -0.15) is 0 Å². The highest BCUT2D eigenvalue weighted by Crippen LogP contribution is 2.26. The molecule has 4 nitrogen and oxygen atoms in total. The Kier molecular flexibility index (Phi) is 4.06. The molecule has 0 aliphatic heterocycles. The first-order valence-electron chi connectivity index (χ1n) is 6.81. The molecule has 1 aromatic heterocycles. The standard InChI is InChI=1S/C17H14N2O2S/c1-11-3-7-13(8-4-11)15-18-19-17(21-15)22-16(20)14-9-5-12(2)6-10-14/h3-10H,1-2H3. The molecule has 5 heteroatoms. The lowest BCUT2D eigenvalue weighted by Crippen LogP contribution is -1.92. The summed E-state index contributed by atoms with van der Waals surface area (Å²) in [6.45, 7) is 3.99. The Hall–Kier alpha value is -2.40. The third-order valence-corrected chi connectivity index (χ3v) is 3.93. The summed E-state index contributed by atoms with van der Waals surface area (Å²) in [6.07, 6.45) is 0. The van der Waals surface area contributed by atoms with E-state index in [9.17, 15) is 4.79 Å². The van der Waals surface area contributed by atoms with E-state index < -0.39 is 0 Å². The van der Waals surface area contributed by atoms with E-state index in [4.69, 9.17) is 4.42 Å². The van der Waals surface area contributed by atoms with Gasteiger partial charge in [-0.25, -0.2) is 0 Å². The molecule has 0 unspecified atom stereocenters. The van der Waals surface area contributed by atoms with E-state index in [1.54, 1.807) is 12.1 Å². The Morgan fingerprint density at radius 2 is 1.50 bits per heavy atom. The van der Waals surface area contributed by atoms with Crippen LogP contribution >= 0.6 is 11.8 Å². The summed E-state index contributed by atoms with van der Waals surface area (Å²) in [7, 11) is 0. The first kappa shape index (κ1) is 14.5. The van der Waals surface area contributed by atoms with Gasteiger partial charge in [0, 0.05) is 22.9 Å². The van der Waals surface area contributed by atoms with Crippen molar-refractivity contribution < 1.29 is 9.21 Å². The lowest BCUT2D eigenvalue weighted by atomic mass is 10.1. The normalized spacial score (nSPS) is 10.6. The molecule has 1 heterocycles. The van der Waals surface area contributed by atoms with E-state index in [1.165, 1.54) is 0 Å². The molecule has 2 aromatic carbocycles. The van der Waals surface area contributed by atoms with Crippen LogP contribution in [0.2, 0.25) is 0 Å². The number of carbonyl (C=O) groups is 1. The number of aromatic nitrogens is 2. The summed E-state index contributed by atoms with van der Waals surface area (Å²) in [5.41, 5.74) is 3.73. The van der Waals surface area contributed by atoms with Crippen LogP contribution in [0.15, 0.2) is 58.2 Å². The van der Waals surface area contributed by atoms with Crippen LogP contribution in [-0.2, 0) is 0 Å². The predicted molar refractivity (Wildman–Crippen MR) is 85.8 cm³/mol. The maximum absolute atomic E-state index is 12.2. The molecule has 110 valence electrons. The topological polar surface area (TPSA) is 56.0 Å². The third kappa shape index (κ3) is 3.26. The van der Waals surface area contributed by atoms with Crippen LogP contribution in [0.4, 0.5) is 0 Å². The van der Waals surface area contributed by atoms with E-state index in [2.05, 4.69) is 10.2 Å². The fraction of sp³-hybridized carbons (Fsp3) is 0.118. The Bertz CT molecular complexity index is 792. The van der Waals surface area contributed by atoms with Crippen LogP contribution in [0.5, 0.6) is 0 Å². The second kappa shape index (κ2) is 6.15. The predicted octanol–water partition coefficient (Wildman–Crippen LogP) is 4.29. The highest BCUT2D eigenvalue weighted by molar-refractivity contribution is 8.14. The van der Waals surface area contributed by atoms with Crippen molar-refractivity contribution in [2.75, 3.05) is 0 Å². The van der Waals surface area contributed by atoms with Gasteiger partial charge in [0.05, 0.1) is 0 Å². The zero-order chi connectivity index (χ0) is 15.5. The molecule has 0 aliphatic carbocycles. The molecule has 0 saturated heterocycles. The molecule has 0 atom stereocenters. The van der Waals surface area contributed by atoms with Crippen LogP contribution in [0.3, 0.4) is 0 Å². The number of hydrogen-bond acceptors (Lipinski definition) is 5. The molecule has 0 spiro atoms. The van der Waals surface area contributed by atoms with Crippen molar-refractivity contribution in [3.8, 4) is 11.5 Å². The Balaban J connectivity index is 1.75. The Morgan fingerprint density at radius 1 is 0.909 bits per heavy atom. The molecule has 0 aliphatic rings. The molecular formula is C17H14N2O2S. The maximum Gasteiger partial charge on any atom is 0.284 e. The van der Waals surface area contributed by atoms with Gasteiger partial charge >= 0.3 is 0 Å². The number of rotatable bonds is 3. The quantitative estimate of drug-likeness (QED) is 0.676. The minimum absolute atomic E-state index is 0.112. The first-order chi connectivity index (χ1) is 10.6. The van der Waals surface area contributed by atoms with E-state index >= 15 is 0 Å². The molecule has 0 saturated carbocycles. The Labute approximate surface area is 132 Å². The van der Waals surface area contributed by atoms with E-state index in [0.717, 1.165) is 28.5 Å². The smallest absolute Gasteiger partial charge is 0.284 e. The second-order valence-corrected chi connectivity index (χ2v) is 5.92. The molecule has 0 radical (unpaired) electrons. The minimum atomic E-state index is -0.112. The van der Waals surface area contributed by atoms with Gasteiger partial charge in [-0.1, -0.05) is 47.5 Å². The number of benzene rings is 2. The minimum Gasteiger partial charge on any atom is -0.411 e. The average molecular weight is 310 g/mol. The summed E-state index contributed by atoms with van der Waals surface area (Å²) >= 11 is 0.942. The van der Waals surface area contributed by atoms with Gasteiger partial charge < -0.3 is 4.42 Å². The van der Waals surface area contributed by atoms with Gasteiger partial charge in [-0.05, 0) is 26.0 Å². The van der Waals surface area contributed by atoms with Crippen molar-refractivity contribution in [3.63, 3.8) is 0 Å². The maximum atomic E-state index is 12.2. The van der Waals surface area contributed by atoms with Crippen molar-refractivity contribution >= 4 is 16.9 Å². The van der Waals surface area contributed by atoms with Crippen LogP contribution in [0.1, 0.15) is 21.5 Å². The average Bonchev–Trinajstić information content (AvgIpc) is 2.97. The molecule has 0 fully saturated rings. The molecule has 3 rings (SSSR count). The zero-order valence-electron chi connectivity index (χ0n) is 12.2. The van der Waals surface area contributed by atoms with Gasteiger partial charge in [-0.15, -0.1) is 10.2 Å². The molecule has 0 bridgehead atoms. The van der Waals surface area contributed by atoms with Crippen molar-refractivity contribution in [3.05, 3.63) is 65.2 Å². The largest absolute Gasteiger partial charge is 0.411 e. The first-order valence-corrected chi connectivity index (χ1v) is 7.63. The summed E-state index contributed by atoms with van der Waals surface area (Å²) in [5.74, 6) is 0.416. The van der Waals surface area contributed by atoms with Crippen molar-refractivity contribution in [2.24, 2.45) is 0 Å². The monoisotopic (exact) mass is 310 g/mol. The fourth-order valence-corrected chi connectivity index (χ4v) is 2.51. The van der Waals surface area contributed by atoms with Crippen LogP contribution in [0.25, 0.3) is 11.5 Å². The van der Waals surface area contributed by atoms with Crippen LogP contribution < -0.4 is 0 Å². The molecule has 22 heavy (non-hydrogen) atoms. The van der Waals surface area contributed by atoms with E-state index in [-0.39, 0.29) is 10.3 Å². The number of aryl methyl sites for hydroxylation is 2. The second-order valence-electron chi connectivity index (χ2n) is 4.99. The lowest BCUT2D eigenvalue weighted by molar-refractivity contribution is 0.108. The van der Waals surface area contributed by atoms with Crippen molar-refractivity contribution in [1.29, 1.82) is 0 Å². The number of nitrogens with zero attached hydrogens (tertiary/aromatic N) is 2. The molecular weight excluding hydrogens is 296 g/mol. The van der Waals surface area contributed by atoms with Crippen LogP contribution in [-0.4, -0.2) is 15.3 Å². The van der Waals surface area contributed by atoms with Gasteiger partial charge in [0.15, 0.2) is 0 Å². The Morgan fingerprint density at radius 3 is 2.14 bits per heavy atom. The highest BCUT2D eigenvalue weighted by Gasteiger charge is 2.14. The summed E-state index contributed by atoms with van der Waals surface area (Å²) in [6, 6.07) is 15.2. The van der Waals surface area contributed by atoms with Gasteiger partial charge in [0.2, 0.25) is 11.0 Å². The van der Waals surface area contributed by atoms with E-state index in [1.807, 2.05) is 50.2 Å². The van der Waals surface area contributed by atoms with Gasteiger partial charge in [0.25, 0.3) is 5.22 Å². The molecule has 0 amide bonds. The lowest BCUT2D eigenvalue weighted by Gasteiger charge is -1.98. The van der Waals surface area contributed by atoms with Crippen molar-refractivity contribution in [1.82, 2.24) is 10.2 Å². The molecule has 3 aromatic rings. The summed E-state index contributed by atoms with van der Waals surface area (Å²) in [4.78, 5) is 12.2. The summed E-state index contributed by atoms with van der Waals surface area (Å²) in [5, 5.41) is 8.05. The number of carbonyl (C=O) groups excluding carboxylic acids is 1.